The van der Waals surface area contributed by atoms with E-state index in [0.29, 0.717) is 20.8 Å². The van der Waals surface area contributed by atoms with Gasteiger partial charge in [-0.25, -0.2) is 0 Å². The SMILES string of the molecule is CCC1(C(=O)Nc2c(Cl)cc(Cl)cc2Cl)CCNCC1. The molecule has 2 N–H and O–H groups in total. The highest BCUT2D eigenvalue weighted by Gasteiger charge is 2.38. The van der Waals surface area contributed by atoms with E-state index in [-0.39, 0.29) is 11.3 Å². The Kier molecular flexibility index (Phi) is 5.19. The van der Waals surface area contributed by atoms with Crippen LogP contribution in [0.5, 0.6) is 0 Å². The van der Waals surface area contributed by atoms with Crippen molar-refractivity contribution in [2.24, 2.45) is 5.41 Å². The van der Waals surface area contributed by atoms with Gasteiger partial charge in [0, 0.05) is 5.02 Å². The molecule has 1 aliphatic heterocycles. The number of hydrogen-bond donors (Lipinski definition) is 2. The fourth-order valence-corrected chi connectivity index (χ4v) is 3.47. The maximum Gasteiger partial charge on any atom is 0.230 e. The van der Waals surface area contributed by atoms with Gasteiger partial charge < -0.3 is 10.6 Å². The van der Waals surface area contributed by atoms with Crippen LogP contribution in [0.25, 0.3) is 0 Å². The second-order valence-corrected chi connectivity index (χ2v) is 6.33. The van der Waals surface area contributed by atoms with Crippen molar-refractivity contribution in [1.29, 1.82) is 0 Å². The summed E-state index contributed by atoms with van der Waals surface area (Å²) in [4.78, 5) is 12.6. The van der Waals surface area contributed by atoms with Crippen LogP contribution in [0.1, 0.15) is 26.2 Å². The van der Waals surface area contributed by atoms with E-state index in [4.69, 9.17) is 34.8 Å². The predicted octanol–water partition coefficient (Wildman–Crippen LogP) is 4.37. The maximum absolute atomic E-state index is 12.6. The summed E-state index contributed by atoms with van der Waals surface area (Å²) in [6.45, 7) is 3.74. The van der Waals surface area contributed by atoms with Gasteiger partial charge in [0.25, 0.3) is 0 Å². The summed E-state index contributed by atoms with van der Waals surface area (Å²) in [5, 5.41) is 7.32. The summed E-state index contributed by atoms with van der Waals surface area (Å²) in [5.74, 6) is -0.0207. The molecule has 20 heavy (non-hydrogen) atoms. The first kappa shape index (κ1) is 15.9. The van der Waals surface area contributed by atoms with Crippen LogP contribution < -0.4 is 10.6 Å². The van der Waals surface area contributed by atoms with Crippen molar-refractivity contribution in [3.8, 4) is 0 Å². The number of anilines is 1. The van der Waals surface area contributed by atoms with E-state index in [9.17, 15) is 4.79 Å². The maximum atomic E-state index is 12.6. The Labute approximate surface area is 134 Å². The summed E-state index contributed by atoms with van der Waals surface area (Å²) in [7, 11) is 0. The molecule has 1 amide bonds. The number of hydrogen-bond acceptors (Lipinski definition) is 2. The van der Waals surface area contributed by atoms with Crippen molar-refractivity contribution in [3.63, 3.8) is 0 Å². The zero-order chi connectivity index (χ0) is 14.8. The molecular weight excluding hydrogens is 319 g/mol. The van der Waals surface area contributed by atoms with Crippen molar-refractivity contribution in [3.05, 3.63) is 27.2 Å². The molecule has 6 heteroatoms. The minimum atomic E-state index is -0.350. The average molecular weight is 336 g/mol. The van der Waals surface area contributed by atoms with Gasteiger partial charge in [0.15, 0.2) is 0 Å². The summed E-state index contributed by atoms with van der Waals surface area (Å²) >= 11 is 18.1. The number of carbonyl (C=O) groups excluding carboxylic acids is 1. The number of halogens is 3. The highest BCUT2D eigenvalue weighted by Crippen LogP contribution is 2.38. The smallest absolute Gasteiger partial charge is 0.230 e. The van der Waals surface area contributed by atoms with Crippen LogP contribution in [0.4, 0.5) is 5.69 Å². The number of piperidine rings is 1. The largest absolute Gasteiger partial charge is 0.323 e. The lowest BCUT2D eigenvalue weighted by atomic mass is 9.76. The van der Waals surface area contributed by atoms with E-state index in [1.807, 2.05) is 6.92 Å². The first-order chi connectivity index (χ1) is 9.48. The standard InChI is InChI=1S/C14H17Cl3N2O/c1-2-14(3-5-18-6-4-14)13(20)19-12-10(16)7-9(15)8-11(12)17/h7-8,18H,2-6H2,1H3,(H,19,20). The monoisotopic (exact) mass is 334 g/mol. The minimum absolute atomic E-state index is 0.0207. The van der Waals surface area contributed by atoms with Crippen LogP contribution in [0.2, 0.25) is 15.1 Å². The molecule has 0 aromatic heterocycles. The molecule has 1 fully saturated rings. The van der Waals surface area contributed by atoms with Gasteiger partial charge in [-0.3, -0.25) is 4.79 Å². The zero-order valence-corrected chi connectivity index (χ0v) is 13.5. The van der Waals surface area contributed by atoms with Crippen LogP contribution in [0, 0.1) is 5.41 Å². The van der Waals surface area contributed by atoms with E-state index in [0.717, 1.165) is 32.4 Å². The minimum Gasteiger partial charge on any atom is -0.323 e. The molecule has 2 rings (SSSR count). The van der Waals surface area contributed by atoms with Crippen molar-refractivity contribution in [2.75, 3.05) is 18.4 Å². The van der Waals surface area contributed by atoms with Crippen molar-refractivity contribution in [2.45, 2.75) is 26.2 Å². The van der Waals surface area contributed by atoms with Gasteiger partial charge in [-0.1, -0.05) is 41.7 Å². The Morgan fingerprint density at radius 3 is 2.30 bits per heavy atom. The van der Waals surface area contributed by atoms with E-state index in [1.54, 1.807) is 12.1 Å². The van der Waals surface area contributed by atoms with Crippen LogP contribution in [0.15, 0.2) is 12.1 Å². The summed E-state index contributed by atoms with van der Waals surface area (Å²) in [5.41, 5.74) is 0.0893. The number of rotatable bonds is 3. The third-order valence-electron chi connectivity index (χ3n) is 3.96. The van der Waals surface area contributed by atoms with Gasteiger partial charge in [0.05, 0.1) is 21.1 Å². The Balaban J connectivity index is 2.23. The molecular formula is C14H17Cl3N2O. The van der Waals surface area contributed by atoms with Gasteiger partial charge in [-0.2, -0.15) is 0 Å². The molecule has 1 aromatic carbocycles. The molecule has 1 saturated heterocycles. The molecule has 0 atom stereocenters. The van der Waals surface area contributed by atoms with Gasteiger partial charge >= 0.3 is 0 Å². The summed E-state index contributed by atoms with van der Waals surface area (Å²) in [6, 6.07) is 3.15. The Morgan fingerprint density at radius 1 is 1.25 bits per heavy atom. The molecule has 1 aromatic rings. The molecule has 1 heterocycles. The summed E-state index contributed by atoms with van der Waals surface area (Å²) < 4.78 is 0. The fourth-order valence-electron chi connectivity index (χ4n) is 2.55. The number of amides is 1. The van der Waals surface area contributed by atoms with Gasteiger partial charge in [0.2, 0.25) is 5.91 Å². The van der Waals surface area contributed by atoms with Crippen LogP contribution in [-0.4, -0.2) is 19.0 Å². The molecule has 110 valence electrons. The number of benzene rings is 1. The normalized spacial score (nSPS) is 17.8. The van der Waals surface area contributed by atoms with Crippen molar-refractivity contribution >= 4 is 46.4 Å². The van der Waals surface area contributed by atoms with E-state index < -0.39 is 0 Å². The molecule has 0 saturated carbocycles. The average Bonchev–Trinajstić information content (AvgIpc) is 2.43. The topological polar surface area (TPSA) is 41.1 Å². The van der Waals surface area contributed by atoms with Crippen molar-refractivity contribution in [1.82, 2.24) is 5.32 Å². The molecule has 0 unspecified atom stereocenters. The second-order valence-electron chi connectivity index (χ2n) is 5.08. The Hall–Kier alpha value is -0.480. The van der Waals surface area contributed by atoms with Crippen LogP contribution in [0.3, 0.4) is 0 Å². The summed E-state index contributed by atoms with van der Waals surface area (Å²) in [6.07, 6.45) is 2.43. The lowest BCUT2D eigenvalue weighted by molar-refractivity contribution is -0.127. The Morgan fingerprint density at radius 2 is 1.80 bits per heavy atom. The lowest BCUT2D eigenvalue weighted by Crippen LogP contribution is -2.44. The van der Waals surface area contributed by atoms with Crippen LogP contribution in [-0.2, 0) is 4.79 Å². The quantitative estimate of drug-likeness (QED) is 0.861. The third-order valence-corrected chi connectivity index (χ3v) is 4.78. The first-order valence-corrected chi connectivity index (χ1v) is 7.78. The molecule has 0 spiro atoms. The highest BCUT2D eigenvalue weighted by atomic mass is 35.5. The predicted molar refractivity (Wildman–Crippen MR) is 84.9 cm³/mol. The van der Waals surface area contributed by atoms with E-state index >= 15 is 0 Å². The van der Waals surface area contributed by atoms with Crippen LogP contribution >= 0.6 is 34.8 Å². The number of carbonyl (C=O) groups is 1. The molecule has 1 aliphatic rings. The molecule has 3 nitrogen and oxygen atoms in total. The van der Waals surface area contributed by atoms with Gasteiger partial charge in [0.1, 0.15) is 0 Å². The van der Waals surface area contributed by atoms with Crippen molar-refractivity contribution < 1.29 is 4.79 Å². The lowest BCUT2D eigenvalue weighted by Gasteiger charge is -2.35. The van der Waals surface area contributed by atoms with Gasteiger partial charge in [-0.15, -0.1) is 0 Å². The van der Waals surface area contributed by atoms with Gasteiger partial charge in [-0.05, 0) is 44.5 Å². The fraction of sp³-hybridized carbons (Fsp3) is 0.500. The second kappa shape index (κ2) is 6.52. The molecule has 0 radical (unpaired) electrons. The third kappa shape index (κ3) is 3.22. The molecule has 0 aliphatic carbocycles. The zero-order valence-electron chi connectivity index (χ0n) is 11.2. The Bertz CT molecular complexity index is 490. The first-order valence-electron chi connectivity index (χ1n) is 6.65. The van der Waals surface area contributed by atoms with E-state index in [1.165, 1.54) is 0 Å². The highest BCUT2D eigenvalue weighted by molar-refractivity contribution is 6.42. The number of nitrogens with one attached hydrogen (secondary N) is 2. The molecule has 0 bridgehead atoms. The van der Waals surface area contributed by atoms with E-state index in [2.05, 4.69) is 10.6 Å².